The molecule has 0 atom stereocenters. The van der Waals surface area contributed by atoms with Crippen LogP contribution in [0, 0.1) is 5.82 Å². The molecule has 2 amide bonds. The van der Waals surface area contributed by atoms with Gasteiger partial charge in [-0.05, 0) is 42.0 Å². The number of ether oxygens (including phenoxy) is 4. The number of nitrogens with zero attached hydrogens (tertiary/aromatic N) is 1. The zero-order valence-corrected chi connectivity index (χ0v) is 16.5. The summed E-state index contributed by atoms with van der Waals surface area (Å²) in [6.07, 6.45) is 0. The van der Waals surface area contributed by atoms with Crippen molar-refractivity contribution in [3.63, 3.8) is 0 Å². The smallest absolute Gasteiger partial charge is 0.317 e. The summed E-state index contributed by atoms with van der Waals surface area (Å²) in [4.78, 5) is 13.8. The first-order valence-electron chi connectivity index (χ1n) is 8.64. The lowest BCUT2D eigenvalue weighted by Gasteiger charge is -2.19. The highest BCUT2D eigenvalue weighted by Gasteiger charge is 2.14. The predicted octanol–water partition coefficient (Wildman–Crippen LogP) is 3.07. The van der Waals surface area contributed by atoms with E-state index in [1.54, 1.807) is 31.3 Å². The van der Waals surface area contributed by atoms with Gasteiger partial charge in [-0.1, -0.05) is 0 Å². The predicted molar refractivity (Wildman–Crippen MR) is 103 cm³/mol. The number of amides is 2. The van der Waals surface area contributed by atoms with Gasteiger partial charge in [-0.2, -0.15) is 0 Å². The maximum absolute atomic E-state index is 12.9. The van der Waals surface area contributed by atoms with Crippen LogP contribution < -0.4 is 24.3 Å². The topological polar surface area (TPSA) is 69.3 Å². The summed E-state index contributed by atoms with van der Waals surface area (Å²) in [7, 11) is 6.27. The summed E-state index contributed by atoms with van der Waals surface area (Å²) in [6, 6.07) is 9.03. The molecule has 0 saturated carbocycles. The van der Waals surface area contributed by atoms with Crippen LogP contribution in [0.25, 0.3) is 0 Å². The molecule has 0 fully saturated rings. The van der Waals surface area contributed by atoms with Gasteiger partial charge in [-0.25, -0.2) is 9.18 Å². The number of halogens is 1. The Morgan fingerprint density at radius 3 is 2.18 bits per heavy atom. The summed E-state index contributed by atoms with van der Waals surface area (Å²) in [5.41, 5.74) is 0.804. The lowest BCUT2D eigenvalue weighted by Crippen LogP contribution is -2.39. The van der Waals surface area contributed by atoms with Gasteiger partial charge in [-0.15, -0.1) is 0 Å². The van der Waals surface area contributed by atoms with E-state index in [1.165, 1.54) is 38.4 Å². The van der Waals surface area contributed by atoms with Gasteiger partial charge in [0.05, 0.1) is 27.9 Å². The summed E-state index contributed by atoms with van der Waals surface area (Å²) < 4.78 is 34.3. The number of nitrogens with one attached hydrogen (secondary N) is 1. The van der Waals surface area contributed by atoms with Gasteiger partial charge in [0.15, 0.2) is 11.5 Å². The van der Waals surface area contributed by atoms with Gasteiger partial charge in [0.25, 0.3) is 0 Å². The molecule has 2 rings (SSSR count). The second-order valence-electron chi connectivity index (χ2n) is 5.92. The number of carbonyl (C=O) groups excluding carboxylic acids is 1. The van der Waals surface area contributed by atoms with Crippen LogP contribution in [-0.2, 0) is 6.54 Å². The average molecular weight is 392 g/mol. The van der Waals surface area contributed by atoms with E-state index in [1.807, 2.05) is 0 Å². The number of hydrogen-bond donors (Lipinski definition) is 1. The standard InChI is InChI=1S/C20H25FN2O5/c1-23(9-10-28-16-7-5-15(21)6-8-16)20(24)22-13-14-11-17(25-2)19(27-4)18(12-14)26-3/h5-8,11-12H,9-10,13H2,1-4H3,(H,22,24). The summed E-state index contributed by atoms with van der Waals surface area (Å²) in [5, 5.41) is 2.82. The summed E-state index contributed by atoms with van der Waals surface area (Å²) in [5.74, 6) is 1.76. The number of carbonyl (C=O) groups is 1. The van der Waals surface area contributed by atoms with Gasteiger partial charge in [0.2, 0.25) is 5.75 Å². The van der Waals surface area contributed by atoms with E-state index in [0.717, 1.165) is 5.56 Å². The van der Waals surface area contributed by atoms with Crippen LogP contribution in [0.2, 0.25) is 0 Å². The molecule has 8 heteroatoms. The first-order chi connectivity index (χ1) is 13.5. The maximum atomic E-state index is 12.9. The minimum absolute atomic E-state index is 0.253. The van der Waals surface area contributed by atoms with Crippen LogP contribution in [0.4, 0.5) is 9.18 Å². The average Bonchev–Trinajstić information content (AvgIpc) is 2.72. The number of benzene rings is 2. The maximum Gasteiger partial charge on any atom is 0.317 e. The van der Waals surface area contributed by atoms with E-state index < -0.39 is 0 Å². The number of hydrogen-bond acceptors (Lipinski definition) is 5. The zero-order valence-electron chi connectivity index (χ0n) is 16.5. The van der Waals surface area contributed by atoms with Crippen molar-refractivity contribution in [2.75, 3.05) is 41.5 Å². The summed E-state index contributed by atoms with van der Waals surface area (Å²) >= 11 is 0. The number of urea groups is 1. The van der Waals surface area contributed by atoms with Gasteiger partial charge in [0.1, 0.15) is 18.2 Å². The molecule has 2 aromatic carbocycles. The van der Waals surface area contributed by atoms with Crippen molar-refractivity contribution in [3.05, 3.63) is 47.8 Å². The molecular formula is C20H25FN2O5. The van der Waals surface area contributed by atoms with Crippen LogP contribution in [0.15, 0.2) is 36.4 Å². The minimum atomic E-state index is -0.323. The SMILES string of the molecule is COc1cc(CNC(=O)N(C)CCOc2ccc(F)cc2)cc(OC)c1OC. The fraction of sp³-hybridized carbons (Fsp3) is 0.350. The van der Waals surface area contributed by atoms with Crippen LogP contribution in [0.5, 0.6) is 23.0 Å². The molecule has 28 heavy (non-hydrogen) atoms. The van der Waals surface area contributed by atoms with Crippen LogP contribution >= 0.6 is 0 Å². The monoisotopic (exact) mass is 392 g/mol. The Labute approximate surface area is 163 Å². The summed E-state index contributed by atoms with van der Waals surface area (Å²) in [6.45, 7) is 0.955. The molecule has 1 N–H and O–H groups in total. The molecular weight excluding hydrogens is 367 g/mol. The van der Waals surface area contributed by atoms with Crippen molar-refractivity contribution in [2.24, 2.45) is 0 Å². The van der Waals surface area contributed by atoms with Crippen molar-refractivity contribution in [1.29, 1.82) is 0 Å². The molecule has 0 unspecified atom stereocenters. The fourth-order valence-corrected chi connectivity index (χ4v) is 2.48. The molecule has 0 spiro atoms. The Bertz CT molecular complexity index is 758. The highest BCUT2D eigenvalue weighted by molar-refractivity contribution is 5.73. The Balaban J connectivity index is 1.86. The highest BCUT2D eigenvalue weighted by Crippen LogP contribution is 2.38. The van der Waals surface area contributed by atoms with Crippen LogP contribution in [0.1, 0.15) is 5.56 Å². The van der Waals surface area contributed by atoms with E-state index in [2.05, 4.69) is 5.32 Å². The van der Waals surface area contributed by atoms with Gasteiger partial charge >= 0.3 is 6.03 Å². The normalized spacial score (nSPS) is 10.2. The molecule has 7 nitrogen and oxygen atoms in total. The second-order valence-corrected chi connectivity index (χ2v) is 5.92. The van der Waals surface area contributed by atoms with E-state index in [9.17, 15) is 9.18 Å². The first kappa shape index (κ1) is 21.1. The van der Waals surface area contributed by atoms with Crippen molar-refractivity contribution in [3.8, 4) is 23.0 Å². The molecule has 0 radical (unpaired) electrons. The lowest BCUT2D eigenvalue weighted by atomic mass is 10.2. The third-order valence-electron chi connectivity index (χ3n) is 4.02. The van der Waals surface area contributed by atoms with Gasteiger partial charge < -0.3 is 29.2 Å². The number of likely N-dealkylation sites (N-methyl/N-ethyl adjacent to an activating group) is 1. The molecule has 0 saturated heterocycles. The van der Waals surface area contributed by atoms with E-state index in [4.69, 9.17) is 18.9 Å². The molecule has 152 valence electrons. The highest BCUT2D eigenvalue weighted by atomic mass is 19.1. The quantitative estimate of drug-likeness (QED) is 0.710. The van der Waals surface area contributed by atoms with Crippen LogP contribution in [0.3, 0.4) is 0 Å². The molecule has 0 aliphatic heterocycles. The van der Waals surface area contributed by atoms with Crippen LogP contribution in [-0.4, -0.2) is 52.5 Å². The first-order valence-corrected chi connectivity index (χ1v) is 8.64. The molecule has 0 heterocycles. The molecule has 0 aliphatic carbocycles. The molecule has 2 aromatic rings. The second kappa shape index (κ2) is 10.2. The minimum Gasteiger partial charge on any atom is -0.493 e. The number of rotatable bonds is 9. The van der Waals surface area contributed by atoms with Crippen molar-refractivity contribution in [1.82, 2.24) is 10.2 Å². The fourth-order valence-electron chi connectivity index (χ4n) is 2.48. The van der Waals surface area contributed by atoms with E-state index >= 15 is 0 Å². The Hall–Kier alpha value is -3.16. The molecule has 0 aromatic heterocycles. The van der Waals surface area contributed by atoms with Crippen molar-refractivity contribution < 1.29 is 28.1 Å². The third-order valence-corrected chi connectivity index (χ3v) is 4.02. The Morgan fingerprint density at radius 2 is 1.64 bits per heavy atom. The third kappa shape index (κ3) is 5.67. The molecule has 0 bridgehead atoms. The van der Waals surface area contributed by atoms with Gasteiger partial charge in [-0.3, -0.25) is 0 Å². The zero-order chi connectivity index (χ0) is 20.5. The Kier molecular flexibility index (Phi) is 7.74. The van der Waals surface area contributed by atoms with E-state index in [0.29, 0.717) is 42.7 Å². The van der Waals surface area contributed by atoms with Crippen molar-refractivity contribution in [2.45, 2.75) is 6.54 Å². The lowest BCUT2D eigenvalue weighted by molar-refractivity contribution is 0.195. The van der Waals surface area contributed by atoms with Crippen molar-refractivity contribution >= 4 is 6.03 Å². The largest absolute Gasteiger partial charge is 0.493 e. The Morgan fingerprint density at radius 1 is 1.04 bits per heavy atom. The van der Waals surface area contributed by atoms with E-state index in [-0.39, 0.29) is 11.8 Å². The number of methoxy groups -OCH3 is 3. The molecule has 0 aliphatic rings. The van der Waals surface area contributed by atoms with Gasteiger partial charge in [0, 0.05) is 13.6 Å².